The van der Waals surface area contributed by atoms with Crippen molar-refractivity contribution in [2.24, 2.45) is 5.92 Å². The van der Waals surface area contributed by atoms with Crippen LogP contribution in [0.5, 0.6) is 0 Å². The number of benzene rings is 1. The molecule has 3 rings (SSSR count). The Morgan fingerprint density at radius 3 is 3.00 bits per heavy atom. The second kappa shape index (κ2) is 7.20. The molecule has 1 saturated heterocycles. The Morgan fingerprint density at radius 1 is 1.48 bits per heavy atom. The molecule has 2 aliphatic rings. The van der Waals surface area contributed by atoms with Gasteiger partial charge in [-0.1, -0.05) is 23.7 Å². The molecule has 4 nitrogen and oxygen atoms in total. The lowest BCUT2D eigenvalue weighted by atomic mass is 9.94. The summed E-state index contributed by atoms with van der Waals surface area (Å²) in [5, 5.41) is 3.88. The van der Waals surface area contributed by atoms with Crippen molar-refractivity contribution in [3.63, 3.8) is 0 Å². The van der Waals surface area contributed by atoms with Crippen LogP contribution in [0.25, 0.3) is 0 Å². The van der Waals surface area contributed by atoms with Gasteiger partial charge in [-0.2, -0.15) is 0 Å². The molecule has 126 valence electrons. The number of carbonyl (C=O) groups is 1. The van der Waals surface area contributed by atoms with Gasteiger partial charge in [0.2, 0.25) is 5.91 Å². The zero-order valence-corrected chi connectivity index (χ0v) is 14.4. The van der Waals surface area contributed by atoms with E-state index in [9.17, 15) is 4.79 Å². The van der Waals surface area contributed by atoms with Gasteiger partial charge in [-0.05, 0) is 49.4 Å². The average molecular weight is 337 g/mol. The lowest BCUT2D eigenvalue weighted by Gasteiger charge is -2.19. The van der Waals surface area contributed by atoms with Gasteiger partial charge in [0.1, 0.15) is 0 Å². The molecule has 23 heavy (non-hydrogen) atoms. The third-order valence-corrected chi connectivity index (χ3v) is 5.33. The number of amides is 1. The zero-order valence-electron chi connectivity index (χ0n) is 13.7. The number of methoxy groups -OCH3 is 1. The minimum Gasteiger partial charge on any atom is -0.383 e. The van der Waals surface area contributed by atoms with E-state index in [0.29, 0.717) is 10.9 Å². The van der Waals surface area contributed by atoms with Crippen molar-refractivity contribution >= 4 is 17.5 Å². The molecule has 0 spiro atoms. The van der Waals surface area contributed by atoms with Crippen LogP contribution in [0.15, 0.2) is 24.3 Å². The maximum Gasteiger partial charge on any atom is 0.230 e. The number of ether oxygens (including phenoxy) is 1. The molecular weight excluding hydrogens is 312 g/mol. The molecule has 1 aromatic rings. The first-order valence-electron chi connectivity index (χ1n) is 8.40. The van der Waals surface area contributed by atoms with Crippen LogP contribution in [0.2, 0.25) is 5.02 Å². The third-order valence-electron chi connectivity index (χ3n) is 5.09. The number of likely N-dealkylation sites (tertiary alicyclic amines) is 1. The molecule has 1 saturated carbocycles. The molecule has 0 aromatic heterocycles. The summed E-state index contributed by atoms with van der Waals surface area (Å²) in [5.74, 6) is 0.709. The van der Waals surface area contributed by atoms with E-state index in [0.717, 1.165) is 57.6 Å². The van der Waals surface area contributed by atoms with Crippen molar-refractivity contribution < 1.29 is 9.53 Å². The molecule has 1 heterocycles. The van der Waals surface area contributed by atoms with Crippen molar-refractivity contribution in [3.8, 4) is 0 Å². The van der Waals surface area contributed by atoms with E-state index in [1.807, 2.05) is 24.3 Å². The van der Waals surface area contributed by atoms with Gasteiger partial charge in [0.15, 0.2) is 0 Å². The SMILES string of the molecule is COCCN1CC[C@@H](CNC(=O)C2(c3cccc(Cl)c3)CC2)C1. The highest BCUT2D eigenvalue weighted by atomic mass is 35.5. The Bertz CT molecular complexity index is 560. The van der Waals surface area contributed by atoms with E-state index in [-0.39, 0.29) is 11.3 Å². The quantitative estimate of drug-likeness (QED) is 0.831. The van der Waals surface area contributed by atoms with Crippen LogP contribution in [0, 0.1) is 5.92 Å². The molecule has 2 fully saturated rings. The summed E-state index contributed by atoms with van der Waals surface area (Å²) in [5.41, 5.74) is 0.717. The predicted molar refractivity (Wildman–Crippen MR) is 91.8 cm³/mol. The Kier molecular flexibility index (Phi) is 5.24. The fourth-order valence-corrected chi connectivity index (χ4v) is 3.66. The molecule has 5 heteroatoms. The first-order valence-corrected chi connectivity index (χ1v) is 8.77. The van der Waals surface area contributed by atoms with Gasteiger partial charge in [-0.25, -0.2) is 0 Å². The second-order valence-corrected chi connectivity index (χ2v) is 7.19. The van der Waals surface area contributed by atoms with Crippen LogP contribution < -0.4 is 5.32 Å². The van der Waals surface area contributed by atoms with Crippen molar-refractivity contribution in [3.05, 3.63) is 34.9 Å². The Hall–Kier alpha value is -1.10. The van der Waals surface area contributed by atoms with E-state index in [1.54, 1.807) is 7.11 Å². The second-order valence-electron chi connectivity index (χ2n) is 6.75. The summed E-state index contributed by atoms with van der Waals surface area (Å²) in [6.45, 7) is 4.67. The Labute approximate surface area is 143 Å². The number of hydrogen-bond acceptors (Lipinski definition) is 3. The highest BCUT2D eigenvalue weighted by molar-refractivity contribution is 6.30. The van der Waals surface area contributed by atoms with Crippen LogP contribution >= 0.6 is 11.6 Å². The van der Waals surface area contributed by atoms with Crippen LogP contribution in [0.4, 0.5) is 0 Å². The highest BCUT2D eigenvalue weighted by Gasteiger charge is 2.51. The lowest BCUT2D eigenvalue weighted by Crippen LogP contribution is -2.38. The minimum atomic E-state index is -0.334. The smallest absolute Gasteiger partial charge is 0.230 e. The number of hydrogen-bond donors (Lipinski definition) is 1. The molecule has 0 bridgehead atoms. The fraction of sp³-hybridized carbons (Fsp3) is 0.611. The number of carbonyl (C=O) groups excluding carboxylic acids is 1. The van der Waals surface area contributed by atoms with E-state index in [2.05, 4.69) is 10.2 Å². The van der Waals surface area contributed by atoms with Crippen molar-refractivity contribution in [2.45, 2.75) is 24.7 Å². The highest BCUT2D eigenvalue weighted by Crippen LogP contribution is 2.48. The van der Waals surface area contributed by atoms with Crippen molar-refractivity contribution in [2.75, 3.05) is 39.9 Å². The van der Waals surface area contributed by atoms with Crippen molar-refractivity contribution in [1.82, 2.24) is 10.2 Å². The van der Waals surface area contributed by atoms with Crippen LogP contribution in [0.1, 0.15) is 24.8 Å². The molecule has 0 radical (unpaired) electrons. The summed E-state index contributed by atoms with van der Waals surface area (Å²) >= 11 is 6.07. The normalized spacial score (nSPS) is 23.0. The topological polar surface area (TPSA) is 41.6 Å². The molecule has 1 aliphatic carbocycles. The van der Waals surface area contributed by atoms with E-state index < -0.39 is 0 Å². The number of nitrogens with zero attached hydrogens (tertiary/aromatic N) is 1. The molecule has 1 amide bonds. The maximum atomic E-state index is 12.7. The zero-order chi connectivity index (χ0) is 16.3. The van der Waals surface area contributed by atoms with Gasteiger partial charge in [0.25, 0.3) is 0 Å². The Balaban J connectivity index is 1.50. The average Bonchev–Trinajstić information content (AvgIpc) is 3.25. The van der Waals surface area contributed by atoms with E-state index in [4.69, 9.17) is 16.3 Å². The fourth-order valence-electron chi connectivity index (χ4n) is 3.47. The van der Waals surface area contributed by atoms with Crippen LogP contribution in [0.3, 0.4) is 0 Å². The maximum absolute atomic E-state index is 12.7. The molecule has 1 atom stereocenters. The summed E-state index contributed by atoms with van der Waals surface area (Å²) in [4.78, 5) is 15.1. The Morgan fingerprint density at radius 2 is 2.30 bits per heavy atom. The van der Waals surface area contributed by atoms with Gasteiger partial charge in [-0.15, -0.1) is 0 Å². The van der Waals surface area contributed by atoms with E-state index in [1.165, 1.54) is 0 Å². The largest absolute Gasteiger partial charge is 0.383 e. The van der Waals surface area contributed by atoms with Crippen molar-refractivity contribution in [1.29, 1.82) is 0 Å². The minimum absolute atomic E-state index is 0.162. The number of rotatable bonds is 7. The molecule has 1 aliphatic heterocycles. The molecule has 0 unspecified atom stereocenters. The molecular formula is C18H25ClN2O2. The van der Waals surface area contributed by atoms with Crippen LogP contribution in [-0.2, 0) is 14.9 Å². The molecule has 1 N–H and O–H groups in total. The standard InChI is InChI=1S/C18H25ClN2O2/c1-23-10-9-21-8-5-14(13-21)12-20-17(22)18(6-7-18)15-3-2-4-16(19)11-15/h2-4,11,14H,5-10,12-13H2,1H3,(H,20,22)/t14-/m0/s1. The number of nitrogens with one attached hydrogen (secondary N) is 1. The lowest BCUT2D eigenvalue weighted by molar-refractivity contribution is -0.123. The summed E-state index contributed by atoms with van der Waals surface area (Å²) in [6.07, 6.45) is 2.99. The van der Waals surface area contributed by atoms with Gasteiger partial charge in [0.05, 0.1) is 12.0 Å². The first kappa shape index (κ1) is 16.7. The number of halogens is 1. The van der Waals surface area contributed by atoms with Gasteiger partial charge in [-0.3, -0.25) is 4.79 Å². The monoisotopic (exact) mass is 336 g/mol. The van der Waals surface area contributed by atoms with Gasteiger partial charge in [0, 0.05) is 31.8 Å². The van der Waals surface area contributed by atoms with Crippen LogP contribution in [-0.4, -0.2) is 50.7 Å². The summed E-state index contributed by atoms with van der Waals surface area (Å²) in [6, 6.07) is 7.72. The van der Waals surface area contributed by atoms with Gasteiger partial charge < -0.3 is 15.0 Å². The third kappa shape index (κ3) is 3.87. The van der Waals surface area contributed by atoms with E-state index >= 15 is 0 Å². The predicted octanol–water partition coefficient (Wildman–Crippen LogP) is 2.46. The summed E-state index contributed by atoms with van der Waals surface area (Å²) in [7, 11) is 1.73. The van der Waals surface area contributed by atoms with Gasteiger partial charge >= 0.3 is 0 Å². The molecule has 1 aromatic carbocycles. The summed E-state index contributed by atoms with van der Waals surface area (Å²) < 4.78 is 5.13. The first-order chi connectivity index (χ1) is 11.1.